The van der Waals surface area contributed by atoms with E-state index in [4.69, 9.17) is 44.1 Å². The van der Waals surface area contributed by atoms with Crippen LogP contribution in [-0.2, 0) is 50.4 Å². The van der Waals surface area contributed by atoms with E-state index in [9.17, 15) is 9.59 Å². The van der Waals surface area contributed by atoms with Crippen LogP contribution < -0.4 is 45.4 Å². The summed E-state index contributed by atoms with van der Waals surface area (Å²) in [6.07, 6.45) is 17.6. The molecule has 30 heteroatoms. The van der Waals surface area contributed by atoms with Gasteiger partial charge < -0.3 is 64.6 Å². The molecule has 2 aromatic rings. The van der Waals surface area contributed by atoms with Gasteiger partial charge in [-0.1, -0.05) is 115 Å². The van der Waals surface area contributed by atoms with Crippen LogP contribution in [0.2, 0.25) is 0 Å². The standard InChI is InChI=1S/C16H21BrN2O.C13H21BrN2O3.C12H21NO2.2C8H13BrN2O.C8H9Br.CHBr2NO.CH2O3.CH4.Na/c1-12-2-4-13(5-3-12)11-19-8-6-14(7-9-19)15-10-16(17)18-20-15;1-13(2,3)18-12(17)16-6-4-9(5-7-16)10-8-11(14)15-19-10;1-5-10-6-8-13(9-7-10)11(14)15-12(2,3)4;2*9-8-5-7(12-11-8)6-1-3-10-4-2-6;1-7-2-4-8(6-9)5-3-7;2-1(3)4-5;2-1-4-3;;/h2-5,14-15H,6-11H2,1H3;9-10H,4-8H2,1-3H3;5,10H,1,6-9H2,2-4H3;2*6-7,10H,1-5H2;2-5H,6H2,1H3;5H;1,3H;1H4;/q;;;;;;;;;+1/p-1/t15-;;;7-;;;;;;/m1..1....../s1. The van der Waals surface area contributed by atoms with Gasteiger partial charge >= 0.3 is 41.7 Å². The SMILES string of the molecule is BrC1=NOC(C2CCNCC2)C1.BrC1=NO[C@@H](C2CCNCC2)C1.C.C=CC1CCN(C(=O)OC(C)(C)C)CC1.CC(C)(C)OC(=O)N1CCC(C2CC(Br)=NO2)CC1.Cc1ccc(CBr)cc1.Cc1ccc(CN2CCC([C@H]3CC(Br)=NO3)CC2)cc1.O=CO[O-].ON=C(Br)Br.[Na+]. The van der Waals surface area contributed by atoms with Crippen molar-refractivity contribution in [1.82, 2.24) is 25.3 Å². The van der Waals surface area contributed by atoms with E-state index in [0.717, 1.165) is 147 Å². The van der Waals surface area contributed by atoms with Crippen molar-refractivity contribution in [3.8, 4) is 0 Å². The molecule has 0 saturated carbocycles. The quantitative estimate of drug-likeness (QED) is 0.0308. The van der Waals surface area contributed by atoms with Crippen molar-refractivity contribution in [2.45, 2.75) is 200 Å². The fourth-order valence-electron chi connectivity index (χ4n) is 11.4. The van der Waals surface area contributed by atoms with Crippen molar-refractivity contribution in [2.75, 3.05) is 65.4 Å². The summed E-state index contributed by atoms with van der Waals surface area (Å²) in [6, 6.07) is 17.4. The average molecular weight is 1840 g/mol. The molecule has 0 aromatic heterocycles. The Morgan fingerprint density at radius 3 is 1.15 bits per heavy atom. The molecule has 0 bridgehead atoms. The number of hydrogen-bond donors (Lipinski definition) is 3. The minimum Gasteiger partial charge on any atom is -0.662 e. The van der Waals surface area contributed by atoms with Crippen LogP contribution in [0.3, 0.4) is 0 Å². The molecule has 98 heavy (non-hydrogen) atoms. The molecule has 5 saturated heterocycles. The smallest absolute Gasteiger partial charge is 0.662 e. The maximum Gasteiger partial charge on any atom is 1.00 e. The van der Waals surface area contributed by atoms with E-state index < -0.39 is 11.2 Å². The Bertz CT molecular complexity index is 2710. The number of nitrogens with one attached hydrogen (secondary N) is 2. The third-order valence-corrected chi connectivity index (χ3v) is 19.6. The Morgan fingerprint density at radius 1 is 0.592 bits per heavy atom. The molecule has 2 unspecified atom stereocenters. The molecule has 0 spiro atoms. The molecule has 2 aromatic carbocycles. The van der Waals surface area contributed by atoms with Crippen LogP contribution in [0, 0.1) is 43.4 Å². The monoisotopic (exact) mass is 1830 g/mol. The zero-order chi connectivity index (χ0) is 70.6. The van der Waals surface area contributed by atoms with E-state index in [0.29, 0.717) is 51.4 Å². The number of likely N-dealkylation sites (tertiary alicyclic amines) is 3. The Balaban J connectivity index is 0.000000394. The Kier molecular flexibility index (Phi) is 47.1. The maximum atomic E-state index is 11.9. The van der Waals surface area contributed by atoms with Gasteiger partial charge in [0.25, 0.3) is 6.47 Å². The number of aryl methyl sites for hydroxylation is 2. The molecule has 5 fully saturated rings. The first kappa shape index (κ1) is 91.8. The molecule has 548 valence electrons. The van der Waals surface area contributed by atoms with E-state index in [1.807, 2.05) is 47.6 Å². The van der Waals surface area contributed by atoms with Gasteiger partial charge in [-0.3, -0.25) is 9.69 Å². The van der Waals surface area contributed by atoms with Crippen molar-refractivity contribution in [3.63, 3.8) is 0 Å². The third-order valence-electron chi connectivity index (χ3n) is 16.8. The van der Waals surface area contributed by atoms with Crippen LogP contribution >= 0.6 is 112 Å². The second kappa shape index (κ2) is 50.2. The number of halogens is 7. The Labute approximate surface area is 663 Å². The van der Waals surface area contributed by atoms with Gasteiger partial charge in [-0.15, -0.1) is 6.58 Å². The number of piperidine rings is 5. The number of allylic oxidation sites excluding steroid dienone is 1. The van der Waals surface area contributed by atoms with E-state index in [1.165, 1.54) is 60.8 Å². The molecular formula is C68H104Br7N10NaO12. The summed E-state index contributed by atoms with van der Waals surface area (Å²) in [6.45, 7) is 30.1. The molecule has 11 rings (SSSR count). The van der Waals surface area contributed by atoms with Gasteiger partial charge in [0.1, 0.15) is 54.1 Å². The molecule has 0 aliphatic carbocycles. The van der Waals surface area contributed by atoms with Crippen LogP contribution in [0.15, 0.2) is 87.0 Å². The van der Waals surface area contributed by atoms with Gasteiger partial charge in [-0.2, -0.15) is 0 Å². The minimum absolute atomic E-state index is 0. The largest absolute Gasteiger partial charge is 1.00 e. The van der Waals surface area contributed by atoms with Gasteiger partial charge in [-0.25, -0.2) is 9.59 Å². The third kappa shape index (κ3) is 38.5. The summed E-state index contributed by atoms with van der Waals surface area (Å²) >= 11 is 22.4. The number of amides is 2. The fraction of sp³-hybridized carbons (Fsp3) is 0.676. The number of carbonyl (C=O) groups is 3. The topological polar surface area (TPSA) is 255 Å². The predicted molar refractivity (Wildman–Crippen MR) is 410 cm³/mol. The summed E-state index contributed by atoms with van der Waals surface area (Å²) in [5.74, 6) is 3.08. The Morgan fingerprint density at radius 2 is 0.888 bits per heavy atom. The van der Waals surface area contributed by atoms with Crippen LogP contribution in [0.4, 0.5) is 9.59 Å². The molecule has 2 amide bonds. The van der Waals surface area contributed by atoms with Gasteiger partial charge in [0.15, 0.2) is 3.53 Å². The molecule has 9 aliphatic rings. The van der Waals surface area contributed by atoms with E-state index in [1.54, 1.807) is 9.80 Å². The first-order chi connectivity index (χ1) is 45.7. The average Bonchev–Trinajstić information content (AvgIpc) is 1.32. The zero-order valence-corrected chi connectivity index (χ0v) is 70.8. The van der Waals surface area contributed by atoms with E-state index in [2.05, 4.69) is 227 Å². The van der Waals surface area contributed by atoms with Crippen LogP contribution in [-0.4, -0.2) is 162 Å². The zero-order valence-electron chi connectivity index (χ0n) is 57.7. The van der Waals surface area contributed by atoms with Gasteiger partial charge in [0.2, 0.25) is 0 Å². The molecule has 9 aliphatic heterocycles. The summed E-state index contributed by atoms with van der Waals surface area (Å²) in [5, 5.41) is 42.1. The molecule has 3 N–H and O–H groups in total. The maximum absolute atomic E-state index is 11.9. The minimum atomic E-state index is -0.429. The van der Waals surface area contributed by atoms with Crippen molar-refractivity contribution < 1.29 is 88.1 Å². The van der Waals surface area contributed by atoms with Gasteiger partial charge in [0, 0.05) is 87.4 Å². The second-order valence-corrected chi connectivity index (χ2v) is 33.3. The Hall–Kier alpha value is -2.26. The molecule has 9 heterocycles. The molecule has 0 radical (unpaired) electrons. The normalized spacial score (nSPS) is 21.8. The van der Waals surface area contributed by atoms with Crippen molar-refractivity contribution in [3.05, 3.63) is 83.4 Å². The van der Waals surface area contributed by atoms with Crippen LogP contribution in [0.25, 0.3) is 0 Å². The number of rotatable bonds is 9. The number of oxime groups is 5. The second-order valence-electron chi connectivity index (χ2n) is 26.5. The van der Waals surface area contributed by atoms with Crippen molar-refractivity contribution >= 4 is 152 Å². The number of hydrogen-bond acceptors (Lipinski definition) is 20. The molecule has 22 nitrogen and oxygen atoms in total. The van der Waals surface area contributed by atoms with E-state index >= 15 is 0 Å². The first-order valence-electron chi connectivity index (χ1n) is 32.9. The summed E-state index contributed by atoms with van der Waals surface area (Å²) in [7, 11) is 0. The van der Waals surface area contributed by atoms with Crippen LogP contribution in [0.5, 0.6) is 0 Å². The molecular weight excluding hydrogens is 1730 g/mol. The predicted octanol–water partition coefficient (Wildman–Crippen LogP) is 13.1. The van der Waals surface area contributed by atoms with Crippen LogP contribution in [0.1, 0.15) is 161 Å². The van der Waals surface area contributed by atoms with Gasteiger partial charge in [-0.05, 0) is 271 Å². The summed E-state index contributed by atoms with van der Waals surface area (Å²) in [5.41, 5.74) is 4.57. The number of carbonyl (C=O) groups excluding carboxylic acids is 3. The summed E-state index contributed by atoms with van der Waals surface area (Å²) in [4.78, 5) is 62.5. The molecule has 4 atom stereocenters. The van der Waals surface area contributed by atoms with Crippen molar-refractivity contribution in [2.24, 2.45) is 55.4 Å². The fourth-order valence-corrected chi connectivity index (χ4v) is 13.4. The van der Waals surface area contributed by atoms with Gasteiger partial charge in [0.05, 0.1) is 0 Å². The number of ether oxygens (including phenoxy) is 2. The first-order valence-corrected chi connectivity index (χ1v) is 38.8. The number of alkyl halides is 1. The van der Waals surface area contributed by atoms with E-state index in [-0.39, 0.29) is 61.7 Å². The number of nitrogens with zero attached hydrogens (tertiary/aromatic N) is 8. The summed E-state index contributed by atoms with van der Waals surface area (Å²) < 4.78 is 14.8. The number of benzene rings is 2. The van der Waals surface area contributed by atoms with Crippen molar-refractivity contribution in [1.29, 1.82) is 0 Å².